The zero-order valence-electron chi connectivity index (χ0n) is 15.6. The number of piperidine rings is 1. The molecule has 3 rings (SSSR count). The van der Waals surface area contributed by atoms with Gasteiger partial charge in [0.15, 0.2) is 0 Å². The molecule has 0 saturated carbocycles. The number of carbonyl (C=O) groups excluding carboxylic acids is 1. The summed E-state index contributed by atoms with van der Waals surface area (Å²) < 4.78 is 27.5. The molecular formula is C21H26N2O3S. The molecule has 1 aliphatic rings. The molecule has 0 aliphatic carbocycles. The molecule has 0 spiro atoms. The van der Waals surface area contributed by atoms with Crippen LogP contribution in [0.25, 0.3) is 0 Å². The first-order chi connectivity index (χ1) is 13.0. The molecular weight excluding hydrogens is 360 g/mol. The molecule has 1 unspecified atom stereocenters. The number of nitrogens with zero attached hydrogens (tertiary/aromatic N) is 1. The molecule has 144 valence electrons. The number of amides is 1. The van der Waals surface area contributed by atoms with Crippen LogP contribution in [0.1, 0.15) is 35.7 Å². The van der Waals surface area contributed by atoms with Gasteiger partial charge in [-0.15, -0.1) is 0 Å². The first-order valence-corrected chi connectivity index (χ1v) is 10.9. The van der Waals surface area contributed by atoms with Crippen molar-refractivity contribution in [3.63, 3.8) is 0 Å². The van der Waals surface area contributed by atoms with Gasteiger partial charge in [0.25, 0.3) is 5.91 Å². The largest absolute Gasteiger partial charge is 0.338 e. The Balaban J connectivity index is 1.60. The second-order valence-corrected chi connectivity index (χ2v) is 8.92. The molecule has 1 aliphatic heterocycles. The third-order valence-electron chi connectivity index (χ3n) is 4.90. The van der Waals surface area contributed by atoms with E-state index in [1.807, 2.05) is 35.2 Å². The maximum Gasteiger partial charge on any atom is 0.253 e. The minimum Gasteiger partial charge on any atom is -0.338 e. The number of carbonyl (C=O) groups is 1. The predicted molar refractivity (Wildman–Crippen MR) is 106 cm³/mol. The molecule has 2 aromatic carbocycles. The summed E-state index contributed by atoms with van der Waals surface area (Å²) in [6.45, 7) is 4.01. The summed E-state index contributed by atoms with van der Waals surface area (Å²) in [5, 5.41) is 0. The van der Waals surface area contributed by atoms with E-state index < -0.39 is 10.0 Å². The summed E-state index contributed by atoms with van der Waals surface area (Å²) in [4.78, 5) is 14.6. The van der Waals surface area contributed by atoms with Crippen LogP contribution < -0.4 is 4.72 Å². The Hall–Kier alpha value is -2.18. The van der Waals surface area contributed by atoms with Crippen LogP contribution >= 0.6 is 0 Å². The summed E-state index contributed by atoms with van der Waals surface area (Å²) in [5.74, 6) is 0.485. The van der Waals surface area contributed by atoms with Crippen molar-refractivity contribution in [3.05, 3.63) is 65.7 Å². The second kappa shape index (κ2) is 8.67. The molecule has 1 heterocycles. The molecule has 0 aromatic heterocycles. The van der Waals surface area contributed by atoms with Gasteiger partial charge < -0.3 is 4.90 Å². The highest BCUT2D eigenvalue weighted by atomic mass is 32.2. The number of benzene rings is 2. The topological polar surface area (TPSA) is 66.5 Å². The summed E-state index contributed by atoms with van der Waals surface area (Å²) in [6, 6.07) is 16.0. The van der Waals surface area contributed by atoms with Crippen LogP contribution in [0.4, 0.5) is 0 Å². The van der Waals surface area contributed by atoms with Crippen LogP contribution in [-0.2, 0) is 16.4 Å². The highest BCUT2D eigenvalue weighted by molar-refractivity contribution is 7.89. The lowest BCUT2D eigenvalue weighted by molar-refractivity contribution is 0.0683. The highest BCUT2D eigenvalue weighted by Gasteiger charge is 2.22. The van der Waals surface area contributed by atoms with Crippen molar-refractivity contribution < 1.29 is 13.2 Å². The van der Waals surface area contributed by atoms with Crippen LogP contribution in [0.3, 0.4) is 0 Å². The predicted octanol–water partition coefficient (Wildman–Crippen LogP) is 3.08. The van der Waals surface area contributed by atoms with E-state index in [0.29, 0.717) is 24.4 Å². The van der Waals surface area contributed by atoms with Crippen molar-refractivity contribution in [1.82, 2.24) is 9.62 Å². The van der Waals surface area contributed by atoms with Crippen LogP contribution in [0.15, 0.2) is 59.5 Å². The van der Waals surface area contributed by atoms with E-state index in [-0.39, 0.29) is 10.8 Å². The van der Waals surface area contributed by atoms with Crippen molar-refractivity contribution in [2.75, 3.05) is 19.6 Å². The molecule has 1 saturated heterocycles. The summed E-state index contributed by atoms with van der Waals surface area (Å²) in [6.07, 6.45) is 2.80. The zero-order chi connectivity index (χ0) is 19.3. The third-order valence-corrected chi connectivity index (χ3v) is 6.38. The van der Waals surface area contributed by atoms with Gasteiger partial charge in [-0.25, -0.2) is 13.1 Å². The third kappa shape index (κ3) is 5.17. The van der Waals surface area contributed by atoms with E-state index in [9.17, 15) is 13.2 Å². The number of rotatable bonds is 6. The molecule has 1 N–H and O–H groups in total. The fourth-order valence-electron chi connectivity index (χ4n) is 3.39. The Morgan fingerprint density at radius 3 is 2.48 bits per heavy atom. The van der Waals surface area contributed by atoms with Crippen molar-refractivity contribution >= 4 is 15.9 Å². The van der Waals surface area contributed by atoms with E-state index in [1.165, 1.54) is 12.1 Å². The van der Waals surface area contributed by atoms with Gasteiger partial charge in [0.1, 0.15) is 0 Å². The van der Waals surface area contributed by atoms with E-state index >= 15 is 0 Å². The van der Waals surface area contributed by atoms with Crippen LogP contribution in [0, 0.1) is 5.92 Å². The molecule has 0 radical (unpaired) electrons. The van der Waals surface area contributed by atoms with Crippen LogP contribution in [0.2, 0.25) is 0 Å². The lowest BCUT2D eigenvalue weighted by Gasteiger charge is -2.31. The van der Waals surface area contributed by atoms with E-state index in [2.05, 4.69) is 11.6 Å². The zero-order valence-corrected chi connectivity index (χ0v) is 16.4. The SMILES string of the molecule is CC1CCCN(C(=O)c2ccc(S(=O)(=O)NCCc3ccccc3)cc2)C1. The molecule has 27 heavy (non-hydrogen) atoms. The minimum atomic E-state index is -3.58. The van der Waals surface area contributed by atoms with Crippen molar-refractivity contribution in [1.29, 1.82) is 0 Å². The van der Waals surface area contributed by atoms with E-state index in [0.717, 1.165) is 31.5 Å². The van der Waals surface area contributed by atoms with E-state index in [1.54, 1.807) is 12.1 Å². The van der Waals surface area contributed by atoms with Gasteiger partial charge in [0.2, 0.25) is 10.0 Å². The summed E-state index contributed by atoms with van der Waals surface area (Å²) in [7, 11) is -3.58. The second-order valence-electron chi connectivity index (χ2n) is 7.16. The van der Waals surface area contributed by atoms with E-state index in [4.69, 9.17) is 0 Å². The Kier molecular flexibility index (Phi) is 6.29. The van der Waals surface area contributed by atoms with Gasteiger partial charge in [-0.05, 0) is 55.0 Å². The van der Waals surface area contributed by atoms with Gasteiger partial charge in [0.05, 0.1) is 4.90 Å². The van der Waals surface area contributed by atoms with Gasteiger partial charge in [0, 0.05) is 25.2 Å². The number of hydrogen-bond acceptors (Lipinski definition) is 3. The van der Waals surface area contributed by atoms with Gasteiger partial charge in [-0.3, -0.25) is 4.79 Å². The molecule has 5 nitrogen and oxygen atoms in total. The standard InChI is InChI=1S/C21H26N2O3S/c1-17-6-5-15-23(16-17)21(24)19-9-11-20(12-10-19)27(25,26)22-14-13-18-7-3-2-4-8-18/h2-4,7-12,17,22H,5-6,13-16H2,1H3. The molecule has 1 fully saturated rings. The molecule has 2 aromatic rings. The number of sulfonamides is 1. The highest BCUT2D eigenvalue weighted by Crippen LogP contribution is 2.19. The molecule has 6 heteroatoms. The summed E-state index contributed by atoms with van der Waals surface area (Å²) >= 11 is 0. The number of hydrogen-bond donors (Lipinski definition) is 1. The Morgan fingerprint density at radius 2 is 1.81 bits per heavy atom. The number of likely N-dealkylation sites (tertiary alicyclic amines) is 1. The maximum atomic E-state index is 12.6. The number of nitrogens with one attached hydrogen (secondary N) is 1. The normalized spacial score (nSPS) is 17.7. The fourth-order valence-corrected chi connectivity index (χ4v) is 4.42. The Bertz CT molecular complexity index is 864. The molecule has 1 atom stereocenters. The molecule has 0 bridgehead atoms. The van der Waals surface area contributed by atoms with Crippen molar-refractivity contribution in [2.45, 2.75) is 31.1 Å². The van der Waals surface area contributed by atoms with Crippen LogP contribution in [-0.4, -0.2) is 38.9 Å². The van der Waals surface area contributed by atoms with Gasteiger partial charge in [-0.2, -0.15) is 0 Å². The van der Waals surface area contributed by atoms with Crippen molar-refractivity contribution in [3.8, 4) is 0 Å². The van der Waals surface area contributed by atoms with Crippen molar-refractivity contribution in [2.24, 2.45) is 5.92 Å². The van der Waals surface area contributed by atoms with Gasteiger partial charge >= 0.3 is 0 Å². The smallest absolute Gasteiger partial charge is 0.253 e. The Morgan fingerprint density at radius 1 is 1.11 bits per heavy atom. The average molecular weight is 387 g/mol. The minimum absolute atomic E-state index is 0.0254. The molecule has 1 amide bonds. The Labute approximate surface area is 161 Å². The average Bonchev–Trinajstić information content (AvgIpc) is 2.68. The lowest BCUT2D eigenvalue weighted by Crippen LogP contribution is -2.39. The van der Waals surface area contributed by atoms with Gasteiger partial charge in [-0.1, -0.05) is 37.3 Å². The maximum absolute atomic E-state index is 12.6. The van der Waals surface area contributed by atoms with Crippen LogP contribution in [0.5, 0.6) is 0 Å². The first kappa shape index (κ1) is 19.6. The quantitative estimate of drug-likeness (QED) is 0.830. The summed E-state index contributed by atoms with van der Waals surface area (Å²) in [5.41, 5.74) is 1.62. The first-order valence-electron chi connectivity index (χ1n) is 9.38. The fraction of sp³-hybridized carbons (Fsp3) is 0.381. The monoisotopic (exact) mass is 386 g/mol. The lowest BCUT2D eigenvalue weighted by atomic mass is 9.99.